The number of aromatic nitrogens is 1. The summed E-state index contributed by atoms with van der Waals surface area (Å²) in [7, 11) is 1.56. The van der Waals surface area contributed by atoms with Crippen LogP contribution in [0.3, 0.4) is 0 Å². The van der Waals surface area contributed by atoms with Crippen molar-refractivity contribution < 1.29 is 9.47 Å². The number of rotatable bonds is 3. The van der Waals surface area contributed by atoms with Gasteiger partial charge in [-0.1, -0.05) is 0 Å². The molecule has 0 saturated carbocycles. The van der Waals surface area contributed by atoms with Gasteiger partial charge in [-0.05, 0) is 18.6 Å². The first-order chi connectivity index (χ1) is 7.29. The number of nitrogens with zero attached hydrogens (tertiary/aromatic N) is 1. The van der Waals surface area contributed by atoms with Gasteiger partial charge in [0.05, 0.1) is 25.4 Å². The molecule has 82 valence electrons. The Morgan fingerprint density at radius 2 is 2.47 bits per heavy atom. The summed E-state index contributed by atoms with van der Waals surface area (Å²) >= 11 is 0. The number of ether oxygens (including phenoxy) is 2. The van der Waals surface area contributed by atoms with Crippen molar-refractivity contribution >= 4 is 11.5 Å². The van der Waals surface area contributed by atoms with Crippen LogP contribution in [-0.2, 0) is 4.74 Å². The molecule has 0 aliphatic carbocycles. The van der Waals surface area contributed by atoms with Crippen LogP contribution >= 0.6 is 0 Å². The Bertz CT molecular complexity index is 337. The van der Waals surface area contributed by atoms with Crippen molar-refractivity contribution in [1.29, 1.82) is 0 Å². The molecule has 0 bridgehead atoms. The Labute approximate surface area is 88.6 Å². The van der Waals surface area contributed by atoms with Crippen LogP contribution in [0, 0.1) is 0 Å². The summed E-state index contributed by atoms with van der Waals surface area (Å²) in [6.07, 6.45) is 1.01. The molecule has 0 radical (unpaired) electrons. The Kier molecular flexibility index (Phi) is 2.91. The second-order valence-electron chi connectivity index (χ2n) is 3.50. The van der Waals surface area contributed by atoms with Gasteiger partial charge in [-0.2, -0.15) is 4.98 Å². The Balaban J connectivity index is 2.07. The van der Waals surface area contributed by atoms with Gasteiger partial charge in [0.15, 0.2) is 0 Å². The van der Waals surface area contributed by atoms with Crippen LogP contribution in [0.4, 0.5) is 11.5 Å². The summed E-state index contributed by atoms with van der Waals surface area (Å²) in [5, 5.41) is 3.27. The van der Waals surface area contributed by atoms with E-state index in [-0.39, 0.29) is 0 Å². The van der Waals surface area contributed by atoms with Crippen LogP contribution in [-0.4, -0.2) is 31.3 Å². The smallest absolute Gasteiger partial charge is 0.238 e. The third-order valence-corrected chi connectivity index (χ3v) is 2.36. The van der Waals surface area contributed by atoms with E-state index in [4.69, 9.17) is 15.2 Å². The lowest BCUT2D eigenvalue weighted by Crippen LogP contribution is -2.19. The third-order valence-electron chi connectivity index (χ3n) is 2.36. The first kappa shape index (κ1) is 10.0. The van der Waals surface area contributed by atoms with Crippen LogP contribution in [0.5, 0.6) is 5.88 Å². The van der Waals surface area contributed by atoms with Crippen molar-refractivity contribution in [1.82, 2.24) is 4.98 Å². The van der Waals surface area contributed by atoms with Crippen molar-refractivity contribution in [2.24, 2.45) is 0 Å². The van der Waals surface area contributed by atoms with E-state index in [0.29, 0.717) is 17.6 Å². The summed E-state index contributed by atoms with van der Waals surface area (Å²) in [6, 6.07) is 3.96. The quantitative estimate of drug-likeness (QED) is 0.773. The number of hydrogen-bond acceptors (Lipinski definition) is 5. The van der Waals surface area contributed by atoms with Crippen LogP contribution in [0.15, 0.2) is 12.1 Å². The van der Waals surface area contributed by atoms with Crippen molar-refractivity contribution in [2.45, 2.75) is 12.5 Å². The minimum atomic E-state index is 0.339. The molecule has 5 heteroatoms. The zero-order chi connectivity index (χ0) is 10.7. The fourth-order valence-electron chi connectivity index (χ4n) is 1.55. The molecule has 1 aromatic heterocycles. The van der Waals surface area contributed by atoms with Crippen molar-refractivity contribution in [3.05, 3.63) is 12.1 Å². The highest BCUT2D eigenvalue weighted by atomic mass is 16.5. The molecule has 1 atom stereocenters. The Hall–Kier alpha value is -1.49. The monoisotopic (exact) mass is 209 g/mol. The van der Waals surface area contributed by atoms with E-state index < -0.39 is 0 Å². The number of hydrogen-bond donors (Lipinski definition) is 2. The average molecular weight is 209 g/mol. The molecular formula is C10H15N3O2. The van der Waals surface area contributed by atoms with Gasteiger partial charge in [0, 0.05) is 6.61 Å². The number of anilines is 2. The van der Waals surface area contributed by atoms with Gasteiger partial charge in [-0.15, -0.1) is 0 Å². The van der Waals surface area contributed by atoms with E-state index in [2.05, 4.69) is 10.3 Å². The minimum absolute atomic E-state index is 0.339. The van der Waals surface area contributed by atoms with Crippen LogP contribution < -0.4 is 15.8 Å². The van der Waals surface area contributed by atoms with Gasteiger partial charge in [0.1, 0.15) is 5.82 Å². The SMILES string of the molecule is COc1nc(NC2CCOC2)ccc1N. The standard InChI is InChI=1S/C10H15N3O2/c1-14-10-8(11)2-3-9(13-10)12-7-4-5-15-6-7/h2-3,7H,4-6,11H2,1H3,(H,12,13). The summed E-state index contributed by atoms with van der Waals surface area (Å²) in [5.41, 5.74) is 6.22. The first-order valence-corrected chi connectivity index (χ1v) is 4.94. The van der Waals surface area contributed by atoms with Gasteiger partial charge in [-0.3, -0.25) is 0 Å². The molecule has 0 amide bonds. The Morgan fingerprint density at radius 1 is 1.60 bits per heavy atom. The lowest BCUT2D eigenvalue weighted by molar-refractivity contribution is 0.195. The molecule has 0 aromatic carbocycles. The second-order valence-corrected chi connectivity index (χ2v) is 3.50. The number of pyridine rings is 1. The summed E-state index contributed by atoms with van der Waals surface area (Å²) in [4.78, 5) is 4.24. The summed E-state index contributed by atoms with van der Waals surface area (Å²) < 4.78 is 10.3. The molecule has 0 spiro atoms. The molecule has 1 fully saturated rings. The van der Waals surface area contributed by atoms with Gasteiger partial charge < -0.3 is 20.5 Å². The third kappa shape index (κ3) is 2.30. The van der Waals surface area contributed by atoms with Gasteiger partial charge in [-0.25, -0.2) is 0 Å². The number of nitrogens with two attached hydrogens (primary N) is 1. The number of methoxy groups -OCH3 is 1. The fourth-order valence-corrected chi connectivity index (χ4v) is 1.55. The van der Waals surface area contributed by atoms with Crippen LogP contribution in [0.2, 0.25) is 0 Å². The van der Waals surface area contributed by atoms with Crippen molar-refractivity contribution in [2.75, 3.05) is 31.4 Å². The van der Waals surface area contributed by atoms with Gasteiger partial charge in [0.2, 0.25) is 5.88 Å². The van der Waals surface area contributed by atoms with Crippen molar-refractivity contribution in [3.63, 3.8) is 0 Å². The molecule has 2 rings (SSSR count). The maximum Gasteiger partial charge on any atom is 0.238 e. The molecule has 15 heavy (non-hydrogen) atoms. The largest absolute Gasteiger partial charge is 0.479 e. The predicted molar refractivity (Wildman–Crippen MR) is 58.0 cm³/mol. The summed E-state index contributed by atoms with van der Waals surface area (Å²) in [5.74, 6) is 1.23. The number of nitrogen functional groups attached to an aromatic ring is 1. The Morgan fingerprint density at radius 3 is 3.13 bits per heavy atom. The van der Waals surface area contributed by atoms with Crippen LogP contribution in [0.1, 0.15) is 6.42 Å². The van der Waals surface area contributed by atoms with E-state index in [1.807, 2.05) is 6.07 Å². The first-order valence-electron chi connectivity index (χ1n) is 4.94. The zero-order valence-electron chi connectivity index (χ0n) is 8.69. The maximum atomic E-state index is 5.67. The molecule has 1 saturated heterocycles. The molecule has 1 aliphatic heterocycles. The maximum absolute atomic E-state index is 5.67. The second kappa shape index (κ2) is 4.35. The highest BCUT2D eigenvalue weighted by molar-refractivity contribution is 5.53. The van der Waals surface area contributed by atoms with E-state index in [1.54, 1.807) is 13.2 Å². The van der Waals surface area contributed by atoms with E-state index in [1.165, 1.54) is 0 Å². The fraction of sp³-hybridized carbons (Fsp3) is 0.500. The topological polar surface area (TPSA) is 69.4 Å². The molecule has 5 nitrogen and oxygen atoms in total. The lowest BCUT2D eigenvalue weighted by atomic mass is 10.2. The molecule has 3 N–H and O–H groups in total. The molecule has 1 unspecified atom stereocenters. The number of nitrogens with one attached hydrogen (secondary N) is 1. The van der Waals surface area contributed by atoms with Crippen molar-refractivity contribution in [3.8, 4) is 5.88 Å². The summed E-state index contributed by atoms with van der Waals surface area (Å²) in [6.45, 7) is 1.54. The van der Waals surface area contributed by atoms with Gasteiger partial charge >= 0.3 is 0 Å². The molecular weight excluding hydrogens is 194 g/mol. The zero-order valence-corrected chi connectivity index (χ0v) is 8.69. The molecule has 1 aromatic rings. The van der Waals surface area contributed by atoms with Crippen LogP contribution in [0.25, 0.3) is 0 Å². The normalized spacial score (nSPS) is 20.2. The highest BCUT2D eigenvalue weighted by Crippen LogP contribution is 2.21. The highest BCUT2D eigenvalue weighted by Gasteiger charge is 2.15. The molecule has 2 heterocycles. The minimum Gasteiger partial charge on any atom is -0.479 e. The van der Waals surface area contributed by atoms with Gasteiger partial charge in [0.25, 0.3) is 0 Å². The lowest BCUT2D eigenvalue weighted by Gasteiger charge is -2.12. The predicted octanol–water partition coefficient (Wildman–Crippen LogP) is 0.873. The van der Waals surface area contributed by atoms with E-state index in [0.717, 1.165) is 25.5 Å². The van der Waals surface area contributed by atoms with E-state index >= 15 is 0 Å². The molecule has 1 aliphatic rings. The van der Waals surface area contributed by atoms with E-state index in [9.17, 15) is 0 Å². The average Bonchev–Trinajstić information content (AvgIpc) is 2.73.